The third-order valence-electron chi connectivity index (χ3n) is 5.94. The second-order valence-corrected chi connectivity index (χ2v) is 7.91. The molecule has 0 saturated carbocycles. The van der Waals surface area contributed by atoms with Crippen LogP contribution in [-0.4, -0.2) is 41.1 Å². The summed E-state index contributed by atoms with van der Waals surface area (Å²) in [5.41, 5.74) is 0.868. The number of phenolic OH excluding ortho intramolecular Hbond substituents is 1. The maximum atomic E-state index is 13.0. The second kappa shape index (κ2) is 6.78. The minimum atomic E-state index is -0.942. The normalized spacial score (nSPS) is 24.5. The van der Waals surface area contributed by atoms with Crippen molar-refractivity contribution in [1.82, 2.24) is 0 Å². The number of ketones is 2. The SMILES string of the molecule is COC1=C(C)C(=O)c2c(cc(O)c3c2O[C@H](C)[C@]3(C)[C@H](O)CC=C(C)C)C1=O. The zero-order valence-corrected chi connectivity index (χ0v) is 17.0. The highest BCUT2D eigenvalue weighted by Crippen LogP contribution is 2.53. The molecule has 0 unspecified atom stereocenters. The number of phenols is 1. The molecule has 1 aliphatic carbocycles. The van der Waals surface area contributed by atoms with E-state index in [-0.39, 0.29) is 39.7 Å². The Hall–Kier alpha value is -2.60. The van der Waals surface area contributed by atoms with Gasteiger partial charge in [0.05, 0.1) is 24.2 Å². The summed E-state index contributed by atoms with van der Waals surface area (Å²) in [6.45, 7) is 9.01. The van der Waals surface area contributed by atoms with E-state index in [2.05, 4.69) is 0 Å². The number of fused-ring (bicyclic) bond motifs is 3. The molecule has 0 saturated heterocycles. The molecule has 0 spiro atoms. The summed E-state index contributed by atoms with van der Waals surface area (Å²) in [5.74, 6) is -0.878. The van der Waals surface area contributed by atoms with Crippen molar-refractivity contribution in [1.29, 1.82) is 0 Å². The molecule has 28 heavy (non-hydrogen) atoms. The fraction of sp³-hybridized carbons (Fsp3) is 0.455. The smallest absolute Gasteiger partial charge is 0.228 e. The molecule has 6 heteroatoms. The lowest BCUT2D eigenvalue weighted by Crippen LogP contribution is -2.43. The Labute approximate surface area is 164 Å². The van der Waals surface area contributed by atoms with Crippen LogP contribution in [0.4, 0.5) is 0 Å². The number of hydrogen-bond acceptors (Lipinski definition) is 6. The van der Waals surface area contributed by atoms with Crippen LogP contribution in [0.2, 0.25) is 0 Å². The van der Waals surface area contributed by atoms with Gasteiger partial charge in [-0.25, -0.2) is 0 Å². The number of Topliss-reactive ketones (excluding diaryl/α,β-unsaturated/α-hetero) is 2. The third kappa shape index (κ3) is 2.66. The lowest BCUT2D eigenvalue weighted by atomic mass is 9.71. The van der Waals surface area contributed by atoms with Gasteiger partial charge in [-0.1, -0.05) is 11.6 Å². The molecule has 1 heterocycles. The van der Waals surface area contributed by atoms with Gasteiger partial charge >= 0.3 is 0 Å². The van der Waals surface area contributed by atoms with Crippen LogP contribution in [0.3, 0.4) is 0 Å². The van der Waals surface area contributed by atoms with Gasteiger partial charge in [-0.3, -0.25) is 9.59 Å². The van der Waals surface area contributed by atoms with E-state index in [0.29, 0.717) is 12.0 Å². The fourth-order valence-electron chi connectivity index (χ4n) is 4.05. The first-order valence-electron chi connectivity index (χ1n) is 9.28. The van der Waals surface area contributed by atoms with Gasteiger partial charge in [-0.15, -0.1) is 0 Å². The molecule has 2 aliphatic rings. The Bertz CT molecular complexity index is 935. The van der Waals surface area contributed by atoms with Gasteiger partial charge in [0.1, 0.15) is 17.6 Å². The minimum Gasteiger partial charge on any atom is -0.507 e. The Morgan fingerprint density at radius 1 is 1.36 bits per heavy atom. The number of aromatic hydroxyl groups is 1. The van der Waals surface area contributed by atoms with E-state index in [0.717, 1.165) is 5.57 Å². The summed E-state index contributed by atoms with van der Waals surface area (Å²) in [7, 11) is 1.33. The largest absolute Gasteiger partial charge is 0.507 e. The zero-order chi connectivity index (χ0) is 21.0. The van der Waals surface area contributed by atoms with Crippen LogP contribution in [0.15, 0.2) is 29.0 Å². The van der Waals surface area contributed by atoms with Crippen LogP contribution in [0.25, 0.3) is 0 Å². The number of rotatable bonds is 4. The first-order valence-corrected chi connectivity index (χ1v) is 9.28. The Morgan fingerprint density at radius 2 is 2.00 bits per heavy atom. The fourth-order valence-corrected chi connectivity index (χ4v) is 4.05. The summed E-state index contributed by atoms with van der Waals surface area (Å²) in [4.78, 5) is 25.7. The van der Waals surface area contributed by atoms with E-state index in [4.69, 9.17) is 9.47 Å². The maximum absolute atomic E-state index is 13.0. The summed E-state index contributed by atoms with van der Waals surface area (Å²) in [6.07, 6.45) is 0.949. The van der Waals surface area contributed by atoms with E-state index in [1.54, 1.807) is 13.8 Å². The highest BCUT2D eigenvalue weighted by molar-refractivity contribution is 6.27. The number of aliphatic hydroxyl groups is 1. The van der Waals surface area contributed by atoms with Crippen LogP contribution in [0, 0.1) is 0 Å². The van der Waals surface area contributed by atoms with Crippen molar-refractivity contribution in [2.45, 2.75) is 58.7 Å². The number of carbonyl (C=O) groups excluding carboxylic acids is 2. The van der Waals surface area contributed by atoms with Crippen molar-refractivity contribution in [3.05, 3.63) is 45.7 Å². The first-order chi connectivity index (χ1) is 13.0. The molecule has 0 aromatic heterocycles. The van der Waals surface area contributed by atoms with E-state index in [1.807, 2.05) is 19.9 Å². The van der Waals surface area contributed by atoms with Crippen LogP contribution < -0.4 is 4.74 Å². The number of carbonyl (C=O) groups is 2. The molecule has 1 aromatic carbocycles. The highest BCUT2D eigenvalue weighted by Gasteiger charge is 2.52. The van der Waals surface area contributed by atoms with Gasteiger partial charge in [0.15, 0.2) is 11.5 Å². The zero-order valence-electron chi connectivity index (χ0n) is 17.0. The van der Waals surface area contributed by atoms with Crippen molar-refractivity contribution in [3.63, 3.8) is 0 Å². The number of benzene rings is 1. The molecule has 0 fully saturated rings. The molecule has 0 radical (unpaired) electrons. The van der Waals surface area contributed by atoms with Crippen LogP contribution in [0.1, 0.15) is 67.3 Å². The van der Waals surface area contributed by atoms with Crippen LogP contribution >= 0.6 is 0 Å². The summed E-state index contributed by atoms with van der Waals surface area (Å²) in [5, 5.41) is 21.7. The van der Waals surface area contributed by atoms with Gasteiger partial charge in [0.2, 0.25) is 5.78 Å². The van der Waals surface area contributed by atoms with Crippen molar-refractivity contribution in [2.24, 2.45) is 0 Å². The van der Waals surface area contributed by atoms with Gasteiger partial charge in [-0.05, 0) is 47.1 Å². The molecule has 150 valence electrons. The molecule has 0 bridgehead atoms. The number of hydrogen-bond donors (Lipinski definition) is 2. The van der Waals surface area contributed by atoms with E-state index < -0.39 is 23.4 Å². The third-order valence-corrected chi connectivity index (χ3v) is 5.94. The van der Waals surface area contributed by atoms with Crippen molar-refractivity contribution < 1.29 is 29.3 Å². The van der Waals surface area contributed by atoms with Gasteiger partial charge in [0, 0.05) is 16.7 Å². The van der Waals surface area contributed by atoms with Crippen LogP contribution in [-0.2, 0) is 10.2 Å². The predicted octanol–water partition coefficient (Wildman–Crippen LogP) is 3.45. The van der Waals surface area contributed by atoms with Crippen molar-refractivity contribution in [3.8, 4) is 11.5 Å². The molecular formula is C22H26O6. The standard InChI is InChI=1S/C22H26O6/c1-10(2)7-8-15(24)22(5)12(4)28-21-16-13(9-14(23)17(21)22)19(26)20(27-6)11(3)18(16)25/h7,9,12,15,23-24H,8H2,1-6H3/t12-,15-,22-/m1/s1. The summed E-state index contributed by atoms with van der Waals surface area (Å²) in [6, 6.07) is 1.28. The van der Waals surface area contributed by atoms with Crippen molar-refractivity contribution in [2.75, 3.05) is 7.11 Å². The number of methoxy groups -OCH3 is 1. The molecule has 3 rings (SSSR count). The van der Waals surface area contributed by atoms with Gasteiger partial charge in [0.25, 0.3) is 0 Å². The average molecular weight is 386 g/mol. The monoisotopic (exact) mass is 386 g/mol. The molecule has 6 nitrogen and oxygen atoms in total. The number of ether oxygens (including phenoxy) is 2. The Balaban J connectivity index is 2.22. The Kier molecular flexibility index (Phi) is 4.88. The number of aliphatic hydroxyl groups excluding tert-OH is 1. The molecular weight excluding hydrogens is 360 g/mol. The van der Waals surface area contributed by atoms with Gasteiger partial charge in [-0.2, -0.15) is 0 Å². The number of allylic oxidation sites excluding steroid dienone is 3. The molecule has 1 aliphatic heterocycles. The average Bonchev–Trinajstić information content (AvgIpc) is 2.90. The quantitative estimate of drug-likeness (QED) is 0.770. The van der Waals surface area contributed by atoms with Crippen LogP contribution in [0.5, 0.6) is 11.5 Å². The first kappa shape index (κ1) is 20.1. The lowest BCUT2D eigenvalue weighted by molar-refractivity contribution is 0.0391. The molecule has 3 atom stereocenters. The molecule has 2 N–H and O–H groups in total. The van der Waals surface area contributed by atoms with E-state index >= 15 is 0 Å². The van der Waals surface area contributed by atoms with E-state index in [9.17, 15) is 19.8 Å². The van der Waals surface area contributed by atoms with Gasteiger partial charge < -0.3 is 19.7 Å². The summed E-state index contributed by atoms with van der Waals surface area (Å²) >= 11 is 0. The Morgan fingerprint density at radius 3 is 2.57 bits per heavy atom. The summed E-state index contributed by atoms with van der Waals surface area (Å²) < 4.78 is 11.1. The maximum Gasteiger partial charge on any atom is 0.228 e. The minimum absolute atomic E-state index is 0.0331. The topological polar surface area (TPSA) is 93.1 Å². The second-order valence-electron chi connectivity index (χ2n) is 7.91. The molecule has 1 aromatic rings. The molecule has 0 amide bonds. The van der Waals surface area contributed by atoms with E-state index in [1.165, 1.54) is 20.1 Å². The lowest BCUT2D eigenvalue weighted by Gasteiger charge is -2.33. The predicted molar refractivity (Wildman–Crippen MR) is 104 cm³/mol. The van der Waals surface area contributed by atoms with Crippen molar-refractivity contribution >= 4 is 11.6 Å². The highest BCUT2D eigenvalue weighted by atomic mass is 16.5.